The SMILES string of the molecule is CN=C(NCc1cccc(N(C)C)c1)NC(C)Cc1ccc(C)s1.I. The number of halogens is 1. The Labute approximate surface area is 172 Å². The number of hydrogen-bond donors (Lipinski definition) is 2. The topological polar surface area (TPSA) is 39.7 Å². The molecule has 0 aliphatic rings. The monoisotopic (exact) mass is 472 g/mol. The van der Waals surface area contributed by atoms with E-state index in [1.54, 1.807) is 0 Å². The highest BCUT2D eigenvalue weighted by atomic mass is 127. The molecule has 1 atom stereocenters. The number of hydrogen-bond acceptors (Lipinski definition) is 3. The molecule has 0 amide bonds. The van der Waals surface area contributed by atoms with E-state index in [4.69, 9.17) is 0 Å². The number of rotatable bonds is 6. The Morgan fingerprint density at radius 1 is 1.24 bits per heavy atom. The van der Waals surface area contributed by atoms with E-state index in [0.717, 1.165) is 18.9 Å². The van der Waals surface area contributed by atoms with Crippen molar-refractivity contribution in [3.8, 4) is 0 Å². The summed E-state index contributed by atoms with van der Waals surface area (Å²) in [6.45, 7) is 5.09. The molecule has 0 bridgehead atoms. The summed E-state index contributed by atoms with van der Waals surface area (Å²) in [6.07, 6.45) is 1.01. The first-order valence-electron chi connectivity index (χ1n) is 8.26. The normalized spacial score (nSPS) is 12.3. The van der Waals surface area contributed by atoms with Crippen molar-refractivity contribution in [1.29, 1.82) is 0 Å². The smallest absolute Gasteiger partial charge is 0.191 e. The second kappa shape index (κ2) is 10.7. The van der Waals surface area contributed by atoms with Crippen LogP contribution in [0.2, 0.25) is 0 Å². The van der Waals surface area contributed by atoms with Crippen molar-refractivity contribution in [2.24, 2.45) is 4.99 Å². The fourth-order valence-corrected chi connectivity index (χ4v) is 3.53. The van der Waals surface area contributed by atoms with Gasteiger partial charge in [0.2, 0.25) is 0 Å². The summed E-state index contributed by atoms with van der Waals surface area (Å²) in [7, 11) is 5.93. The molecule has 1 unspecified atom stereocenters. The van der Waals surface area contributed by atoms with Gasteiger partial charge >= 0.3 is 0 Å². The minimum atomic E-state index is 0. The van der Waals surface area contributed by atoms with Crippen molar-refractivity contribution in [2.45, 2.75) is 32.9 Å². The summed E-state index contributed by atoms with van der Waals surface area (Å²) in [5.74, 6) is 0.839. The third kappa shape index (κ3) is 7.23. The van der Waals surface area contributed by atoms with Crippen molar-refractivity contribution in [2.75, 3.05) is 26.0 Å². The molecule has 0 saturated carbocycles. The molecule has 2 aromatic rings. The van der Waals surface area contributed by atoms with Crippen LogP contribution in [0.25, 0.3) is 0 Å². The summed E-state index contributed by atoms with van der Waals surface area (Å²) in [5.41, 5.74) is 2.45. The second-order valence-electron chi connectivity index (χ2n) is 6.25. The zero-order valence-corrected chi connectivity index (χ0v) is 18.8. The summed E-state index contributed by atoms with van der Waals surface area (Å²) in [6, 6.07) is 13.2. The van der Waals surface area contributed by atoms with E-state index < -0.39 is 0 Å². The molecule has 4 nitrogen and oxygen atoms in total. The maximum Gasteiger partial charge on any atom is 0.191 e. The summed E-state index contributed by atoms with van der Waals surface area (Å²) in [5, 5.41) is 6.86. The van der Waals surface area contributed by atoms with E-state index in [2.05, 4.69) is 84.9 Å². The maximum atomic E-state index is 4.33. The molecule has 2 N–H and O–H groups in total. The van der Waals surface area contributed by atoms with Crippen LogP contribution in [-0.4, -0.2) is 33.1 Å². The highest BCUT2D eigenvalue weighted by molar-refractivity contribution is 14.0. The lowest BCUT2D eigenvalue weighted by Gasteiger charge is -2.18. The number of aryl methyl sites for hydroxylation is 1. The molecule has 0 radical (unpaired) electrons. The number of nitrogens with zero attached hydrogens (tertiary/aromatic N) is 2. The fourth-order valence-electron chi connectivity index (χ4n) is 2.51. The van der Waals surface area contributed by atoms with Crippen LogP contribution < -0.4 is 15.5 Å². The van der Waals surface area contributed by atoms with Crippen LogP contribution in [0.4, 0.5) is 5.69 Å². The molecule has 0 spiro atoms. The highest BCUT2D eigenvalue weighted by Gasteiger charge is 2.08. The largest absolute Gasteiger partial charge is 0.378 e. The van der Waals surface area contributed by atoms with E-state index in [1.807, 2.05) is 18.4 Å². The van der Waals surface area contributed by atoms with Crippen molar-refractivity contribution < 1.29 is 0 Å². The molecule has 0 saturated heterocycles. The van der Waals surface area contributed by atoms with Gasteiger partial charge in [-0.05, 0) is 43.7 Å². The first-order chi connectivity index (χ1) is 11.5. The number of thiophene rings is 1. The summed E-state index contributed by atoms with van der Waals surface area (Å²) >= 11 is 1.86. The van der Waals surface area contributed by atoms with Crippen LogP contribution in [0.5, 0.6) is 0 Å². The zero-order valence-electron chi connectivity index (χ0n) is 15.7. The van der Waals surface area contributed by atoms with Gasteiger partial charge in [-0.3, -0.25) is 4.99 Å². The Morgan fingerprint density at radius 3 is 2.60 bits per heavy atom. The molecule has 1 heterocycles. The highest BCUT2D eigenvalue weighted by Crippen LogP contribution is 2.16. The molecule has 0 fully saturated rings. The Kier molecular flexibility index (Phi) is 9.27. The van der Waals surface area contributed by atoms with Gasteiger partial charge in [0.1, 0.15) is 0 Å². The van der Waals surface area contributed by atoms with Gasteiger partial charge in [-0.15, -0.1) is 35.3 Å². The zero-order chi connectivity index (χ0) is 17.5. The lowest BCUT2D eigenvalue weighted by molar-refractivity contribution is 0.645. The summed E-state index contributed by atoms with van der Waals surface area (Å²) in [4.78, 5) is 9.21. The quantitative estimate of drug-likeness (QED) is 0.379. The number of nitrogens with one attached hydrogen (secondary N) is 2. The molecule has 1 aromatic carbocycles. The Balaban J connectivity index is 0.00000312. The van der Waals surface area contributed by atoms with E-state index in [0.29, 0.717) is 6.04 Å². The molecule has 0 aliphatic heterocycles. The average Bonchev–Trinajstić information content (AvgIpc) is 2.96. The van der Waals surface area contributed by atoms with Crippen molar-refractivity contribution in [3.63, 3.8) is 0 Å². The van der Waals surface area contributed by atoms with E-state index >= 15 is 0 Å². The van der Waals surface area contributed by atoms with Gasteiger partial charge in [0.05, 0.1) is 0 Å². The maximum absolute atomic E-state index is 4.33. The first kappa shape index (κ1) is 21.8. The number of aliphatic imine (C=N–C) groups is 1. The van der Waals surface area contributed by atoms with E-state index in [1.165, 1.54) is 21.0 Å². The van der Waals surface area contributed by atoms with Crippen molar-refractivity contribution in [1.82, 2.24) is 10.6 Å². The number of benzene rings is 1. The Hall–Kier alpha value is -1.28. The average molecular weight is 472 g/mol. The van der Waals surface area contributed by atoms with Crippen LogP contribution in [0.1, 0.15) is 22.2 Å². The fraction of sp³-hybridized carbons (Fsp3) is 0.421. The van der Waals surface area contributed by atoms with Crippen LogP contribution in [0.3, 0.4) is 0 Å². The molecule has 2 rings (SSSR count). The Morgan fingerprint density at radius 2 is 2.00 bits per heavy atom. The van der Waals surface area contributed by atoms with Gasteiger partial charge in [-0.25, -0.2) is 0 Å². The molecular formula is C19H29IN4S. The molecular weight excluding hydrogens is 443 g/mol. The van der Waals surface area contributed by atoms with E-state index in [-0.39, 0.29) is 24.0 Å². The van der Waals surface area contributed by atoms with Gasteiger partial charge in [0.25, 0.3) is 0 Å². The third-order valence-corrected chi connectivity index (χ3v) is 4.82. The Bertz CT molecular complexity index is 682. The first-order valence-corrected chi connectivity index (χ1v) is 9.08. The third-order valence-electron chi connectivity index (χ3n) is 3.80. The standard InChI is InChI=1S/C19H28N4S.HI/c1-14(11-18-10-9-15(2)24-18)22-19(20-3)21-13-16-7-6-8-17(12-16)23(4)5;/h6-10,12,14H,11,13H2,1-5H3,(H2,20,21,22);1H. The van der Waals surface area contributed by atoms with Gasteiger partial charge in [-0.2, -0.15) is 0 Å². The van der Waals surface area contributed by atoms with Crippen LogP contribution in [0.15, 0.2) is 41.4 Å². The number of guanidine groups is 1. The lowest BCUT2D eigenvalue weighted by Crippen LogP contribution is -2.42. The molecule has 25 heavy (non-hydrogen) atoms. The minimum Gasteiger partial charge on any atom is -0.378 e. The molecule has 138 valence electrons. The van der Waals surface area contributed by atoms with Crippen molar-refractivity contribution in [3.05, 3.63) is 51.7 Å². The van der Waals surface area contributed by atoms with Gasteiger partial charge in [0.15, 0.2) is 5.96 Å². The van der Waals surface area contributed by atoms with Crippen LogP contribution in [-0.2, 0) is 13.0 Å². The molecule has 0 aliphatic carbocycles. The predicted octanol–water partition coefficient (Wildman–Crippen LogP) is 4.04. The van der Waals surface area contributed by atoms with Crippen LogP contribution >= 0.6 is 35.3 Å². The number of anilines is 1. The van der Waals surface area contributed by atoms with Crippen LogP contribution in [0, 0.1) is 6.92 Å². The van der Waals surface area contributed by atoms with Gasteiger partial charge < -0.3 is 15.5 Å². The predicted molar refractivity (Wildman–Crippen MR) is 122 cm³/mol. The molecule has 6 heteroatoms. The minimum absolute atomic E-state index is 0. The van der Waals surface area contributed by atoms with Crippen molar-refractivity contribution >= 4 is 47.0 Å². The molecule has 1 aromatic heterocycles. The van der Waals surface area contributed by atoms with Gasteiger partial charge in [0, 0.05) is 55.6 Å². The van der Waals surface area contributed by atoms with E-state index in [9.17, 15) is 0 Å². The second-order valence-corrected chi connectivity index (χ2v) is 7.62. The van der Waals surface area contributed by atoms with Gasteiger partial charge in [-0.1, -0.05) is 12.1 Å². The summed E-state index contributed by atoms with van der Waals surface area (Å²) < 4.78 is 0. The lowest BCUT2D eigenvalue weighted by atomic mass is 10.2.